The molecule has 1 aromatic heterocycles. The third-order valence-corrected chi connectivity index (χ3v) is 3.78. The van der Waals surface area contributed by atoms with Crippen molar-refractivity contribution in [3.8, 4) is 11.5 Å². The minimum atomic E-state index is -0.562. The number of hydrogen-bond donors (Lipinski definition) is 1. The van der Waals surface area contributed by atoms with Crippen LogP contribution in [-0.4, -0.2) is 40.1 Å². The number of hydrogen-bond acceptors (Lipinski definition) is 5. The number of carbonyl (C=O) groups excluding carboxylic acids is 1. The van der Waals surface area contributed by atoms with Gasteiger partial charge in [-0.15, -0.1) is 5.10 Å². The van der Waals surface area contributed by atoms with Crippen LogP contribution in [0.2, 0.25) is 5.02 Å². The number of likely N-dealkylation sites (tertiary alicyclic amines) is 1. The average molecular weight is 325 g/mol. The van der Waals surface area contributed by atoms with E-state index < -0.39 is 11.9 Å². The molecule has 1 aliphatic heterocycles. The lowest BCUT2D eigenvalue weighted by molar-refractivity contribution is -0.135. The molecule has 1 saturated heterocycles. The second-order valence-electron chi connectivity index (χ2n) is 5.09. The second kappa shape index (κ2) is 5.92. The Hall–Kier alpha value is -2.15. The molecule has 1 amide bonds. The molecule has 0 saturated carbocycles. The van der Waals surface area contributed by atoms with Gasteiger partial charge in [0.15, 0.2) is 0 Å². The van der Waals surface area contributed by atoms with Crippen molar-refractivity contribution in [2.75, 3.05) is 18.4 Å². The van der Waals surface area contributed by atoms with Crippen LogP contribution in [0.4, 0.5) is 10.4 Å². The summed E-state index contributed by atoms with van der Waals surface area (Å²) in [6, 6.07) is 3.87. The lowest BCUT2D eigenvalue weighted by Crippen LogP contribution is -2.48. The molecule has 3 rings (SSSR count). The molecule has 0 bridgehead atoms. The van der Waals surface area contributed by atoms with Gasteiger partial charge in [0, 0.05) is 18.7 Å². The van der Waals surface area contributed by atoms with E-state index in [9.17, 15) is 9.18 Å². The van der Waals surface area contributed by atoms with Crippen LogP contribution >= 0.6 is 11.6 Å². The van der Waals surface area contributed by atoms with Crippen LogP contribution < -0.4 is 5.32 Å². The van der Waals surface area contributed by atoms with E-state index in [0.717, 1.165) is 19.5 Å². The first-order valence-corrected chi connectivity index (χ1v) is 7.26. The van der Waals surface area contributed by atoms with Gasteiger partial charge in [-0.3, -0.25) is 4.79 Å². The molecule has 6 nitrogen and oxygen atoms in total. The summed E-state index contributed by atoms with van der Waals surface area (Å²) in [5.74, 6) is -0.418. The number of benzene rings is 1. The maximum atomic E-state index is 13.4. The summed E-state index contributed by atoms with van der Waals surface area (Å²) in [7, 11) is 0. The lowest BCUT2D eigenvalue weighted by atomic mass is 10.2. The van der Waals surface area contributed by atoms with Gasteiger partial charge in [0.2, 0.25) is 11.8 Å². The Balaban J connectivity index is 1.70. The number of rotatable bonds is 4. The van der Waals surface area contributed by atoms with E-state index in [4.69, 9.17) is 16.0 Å². The van der Waals surface area contributed by atoms with Gasteiger partial charge in [0.05, 0.1) is 5.02 Å². The monoisotopic (exact) mass is 324 g/mol. The molecule has 0 spiro atoms. The smallest absolute Gasteiger partial charge is 0.316 e. The van der Waals surface area contributed by atoms with Gasteiger partial charge in [0.25, 0.3) is 0 Å². The van der Waals surface area contributed by atoms with Gasteiger partial charge in [0.1, 0.15) is 11.9 Å². The minimum Gasteiger partial charge on any atom is -0.403 e. The summed E-state index contributed by atoms with van der Waals surface area (Å²) in [6.45, 7) is 3.29. The Labute approximate surface area is 131 Å². The molecule has 1 N–H and O–H groups in total. The fraction of sp³-hybridized carbons (Fsp3) is 0.357. The lowest BCUT2D eigenvalue weighted by Gasteiger charge is -2.33. The van der Waals surface area contributed by atoms with Gasteiger partial charge in [-0.05, 0) is 31.5 Å². The fourth-order valence-electron chi connectivity index (χ4n) is 2.08. The normalized spacial score (nSPS) is 15.3. The maximum absolute atomic E-state index is 13.4. The zero-order valence-corrected chi connectivity index (χ0v) is 12.6. The number of nitrogens with zero attached hydrogens (tertiary/aromatic N) is 3. The number of anilines is 1. The summed E-state index contributed by atoms with van der Waals surface area (Å²) in [5.41, 5.74) is 0.421. The average Bonchev–Trinajstić information content (AvgIpc) is 2.88. The Bertz CT molecular complexity index is 702. The van der Waals surface area contributed by atoms with Crippen molar-refractivity contribution < 1.29 is 13.6 Å². The summed E-state index contributed by atoms with van der Waals surface area (Å²) in [5, 5.41) is 10.5. The molecule has 1 aromatic carbocycles. The largest absolute Gasteiger partial charge is 0.403 e. The molecule has 116 valence electrons. The van der Waals surface area contributed by atoms with Crippen molar-refractivity contribution in [3.63, 3.8) is 0 Å². The van der Waals surface area contributed by atoms with E-state index in [1.165, 1.54) is 12.1 Å². The Morgan fingerprint density at radius 3 is 2.86 bits per heavy atom. The van der Waals surface area contributed by atoms with E-state index >= 15 is 0 Å². The zero-order valence-electron chi connectivity index (χ0n) is 11.8. The highest BCUT2D eigenvalue weighted by atomic mass is 35.5. The molecule has 0 unspecified atom stereocenters. The van der Waals surface area contributed by atoms with E-state index in [0.29, 0.717) is 5.56 Å². The van der Waals surface area contributed by atoms with Crippen molar-refractivity contribution in [3.05, 3.63) is 29.0 Å². The Morgan fingerprint density at radius 2 is 2.23 bits per heavy atom. The van der Waals surface area contributed by atoms with E-state index in [1.807, 2.05) is 0 Å². The molecule has 1 fully saturated rings. The highest BCUT2D eigenvalue weighted by molar-refractivity contribution is 6.30. The maximum Gasteiger partial charge on any atom is 0.316 e. The van der Waals surface area contributed by atoms with E-state index in [-0.39, 0.29) is 22.8 Å². The van der Waals surface area contributed by atoms with E-state index in [2.05, 4.69) is 15.5 Å². The number of nitrogens with one attached hydrogen (secondary N) is 1. The Morgan fingerprint density at radius 1 is 1.45 bits per heavy atom. The third-order valence-electron chi connectivity index (χ3n) is 3.47. The number of halogens is 2. The molecule has 1 atom stereocenters. The molecule has 0 aliphatic carbocycles. The van der Waals surface area contributed by atoms with Crippen molar-refractivity contribution in [1.29, 1.82) is 0 Å². The highest BCUT2D eigenvalue weighted by Gasteiger charge is 2.26. The number of carbonyl (C=O) groups is 1. The first-order valence-electron chi connectivity index (χ1n) is 6.89. The third kappa shape index (κ3) is 2.89. The van der Waals surface area contributed by atoms with Crippen LogP contribution in [0.25, 0.3) is 11.5 Å². The summed E-state index contributed by atoms with van der Waals surface area (Å²) < 4.78 is 18.8. The van der Waals surface area contributed by atoms with Crippen LogP contribution in [0.3, 0.4) is 0 Å². The first kappa shape index (κ1) is 14.8. The molecule has 2 aromatic rings. The van der Waals surface area contributed by atoms with Gasteiger partial charge >= 0.3 is 6.01 Å². The van der Waals surface area contributed by atoms with Gasteiger partial charge in [-0.25, -0.2) is 4.39 Å². The first-order chi connectivity index (χ1) is 10.5. The summed E-state index contributed by atoms with van der Waals surface area (Å²) in [4.78, 5) is 13.8. The van der Waals surface area contributed by atoms with Crippen LogP contribution in [0.1, 0.15) is 13.3 Å². The van der Waals surface area contributed by atoms with Gasteiger partial charge in [-0.1, -0.05) is 16.7 Å². The summed E-state index contributed by atoms with van der Waals surface area (Å²) >= 11 is 5.63. The van der Waals surface area contributed by atoms with Gasteiger partial charge < -0.3 is 14.6 Å². The molecular formula is C14H14ClFN4O2. The van der Waals surface area contributed by atoms with Crippen molar-refractivity contribution in [2.45, 2.75) is 19.4 Å². The fourth-order valence-corrected chi connectivity index (χ4v) is 2.20. The Kier molecular flexibility index (Phi) is 3.98. The minimum absolute atomic E-state index is 0.0106. The van der Waals surface area contributed by atoms with Crippen molar-refractivity contribution in [2.24, 2.45) is 0 Å². The zero-order chi connectivity index (χ0) is 15.7. The van der Waals surface area contributed by atoms with Crippen LogP contribution in [0.15, 0.2) is 22.6 Å². The van der Waals surface area contributed by atoms with Crippen LogP contribution in [0.5, 0.6) is 0 Å². The number of aromatic nitrogens is 2. The van der Waals surface area contributed by atoms with E-state index in [1.54, 1.807) is 17.9 Å². The highest BCUT2D eigenvalue weighted by Crippen LogP contribution is 2.24. The second-order valence-corrected chi connectivity index (χ2v) is 5.49. The topological polar surface area (TPSA) is 71.3 Å². The van der Waals surface area contributed by atoms with Gasteiger partial charge in [-0.2, -0.15) is 0 Å². The molecule has 22 heavy (non-hydrogen) atoms. The molecule has 0 radical (unpaired) electrons. The molecule has 1 aliphatic rings. The summed E-state index contributed by atoms with van der Waals surface area (Å²) in [6.07, 6.45) is 1.03. The predicted molar refractivity (Wildman–Crippen MR) is 79.0 cm³/mol. The molecular weight excluding hydrogens is 311 g/mol. The standard InChI is InChI=1S/C14H14ClFN4O2/c1-8(13(21)20-5-2-6-20)17-14-19-18-12(22-14)9-3-4-10(15)11(16)7-9/h3-4,7-8H,2,5-6H2,1H3,(H,17,19)/t8-/m1/s1. The quantitative estimate of drug-likeness (QED) is 0.936. The van der Waals surface area contributed by atoms with Crippen LogP contribution in [0, 0.1) is 5.82 Å². The van der Waals surface area contributed by atoms with Crippen molar-refractivity contribution >= 4 is 23.5 Å². The number of amides is 1. The predicted octanol–water partition coefficient (Wildman–Crippen LogP) is 2.56. The van der Waals surface area contributed by atoms with Crippen LogP contribution in [-0.2, 0) is 4.79 Å². The SMILES string of the molecule is C[C@@H](Nc1nnc(-c2ccc(Cl)c(F)c2)o1)C(=O)N1CCC1. The van der Waals surface area contributed by atoms with Crippen molar-refractivity contribution in [1.82, 2.24) is 15.1 Å². The molecule has 8 heteroatoms. The molecule has 2 heterocycles.